The second-order valence-electron chi connectivity index (χ2n) is 6.22. The summed E-state index contributed by atoms with van der Waals surface area (Å²) >= 11 is 6.19. The Hall–Kier alpha value is -2.04. The summed E-state index contributed by atoms with van der Waals surface area (Å²) in [6.45, 7) is 5.50. The Morgan fingerprint density at radius 1 is 1.16 bits per heavy atom. The Labute approximate surface area is 153 Å². The van der Waals surface area contributed by atoms with Gasteiger partial charge in [-0.2, -0.15) is 0 Å². The molecule has 0 saturated carbocycles. The molecule has 0 aliphatic heterocycles. The molecule has 4 nitrogen and oxygen atoms in total. The van der Waals surface area contributed by atoms with Crippen LogP contribution < -0.4 is 4.74 Å². The van der Waals surface area contributed by atoms with Crippen LogP contribution in [0.4, 0.5) is 0 Å². The number of hydrogen-bond donors (Lipinski definition) is 1. The summed E-state index contributed by atoms with van der Waals surface area (Å²) in [4.78, 5) is 4.62. The molecule has 0 atom stereocenters. The molecule has 0 fully saturated rings. The average molecular weight is 359 g/mol. The van der Waals surface area contributed by atoms with Crippen LogP contribution in [0.15, 0.2) is 36.4 Å². The summed E-state index contributed by atoms with van der Waals surface area (Å²) < 4.78 is 8.06. The van der Waals surface area contributed by atoms with Gasteiger partial charge in [-0.3, -0.25) is 0 Å². The normalized spacial score (nSPS) is 11.2. The highest BCUT2D eigenvalue weighted by molar-refractivity contribution is 6.32. The van der Waals surface area contributed by atoms with Gasteiger partial charge in [-0.15, -0.1) is 0 Å². The zero-order valence-corrected chi connectivity index (χ0v) is 15.4. The van der Waals surface area contributed by atoms with Gasteiger partial charge in [0.25, 0.3) is 0 Å². The number of ether oxygens (including phenoxy) is 1. The lowest BCUT2D eigenvalue weighted by molar-refractivity contribution is 0.289. The van der Waals surface area contributed by atoms with Gasteiger partial charge in [0.2, 0.25) is 0 Å². The first-order valence-corrected chi connectivity index (χ1v) is 8.92. The van der Waals surface area contributed by atoms with Crippen LogP contribution >= 0.6 is 11.6 Å². The predicted octanol–water partition coefficient (Wildman–Crippen LogP) is 4.31. The summed E-state index contributed by atoms with van der Waals surface area (Å²) in [5.74, 6) is 1.77. The van der Waals surface area contributed by atoms with Crippen molar-refractivity contribution in [3.63, 3.8) is 0 Å². The molecule has 1 heterocycles. The lowest BCUT2D eigenvalue weighted by atomic mass is 10.1. The topological polar surface area (TPSA) is 47.3 Å². The van der Waals surface area contributed by atoms with E-state index in [2.05, 4.69) is 15.6 Å². The van der Waals surface area contributed by atoms with Crippen molar-refractivity contribution in [2.75, 3.05) is 13.2 Å². The number of nitrogens with zero attached hydrogens (tertiary/aromatic N) is 2. The maximum Gasteiger partial charge on any atom is 0.119 e. The van der Waals surface area contributed by atoms with Crippen molar-refractivity contribution in [3.05, 3.63) is 58.4 Å². The second-order valence-corrected chi connectivity index (χ2v) is 6.59. The predicted molar refractivity (Wildman–Crippen MR) is 102 cm³/mol. The van der Waals surface area contributed by atoms with Crippen molar-refractivity contribution < 1.29 is 9.84 Å². The van der Waals surface area contributed by atoms with E-state index in [-0.39, 0.29) is 6.61 Å². The van der Waals surface area contributed by atoms with Gasteiger partial charge in [-0.05, 0) is 55.7 Å². The smallest absolute Gasteiger partial charge is 0.119 e. The Kier molecular flexibility index (Phi) is 5.61. The van der Waals surface area contributed by atoms with Crippen LogP contribution in [0, 0.1) is 13.8 Å². The summed E-state index contributed by atoms with van der Waals surface area (Å²) in [6.07, 6.45) is 1.42. The average Bonchev–Trinajstić information content (AvgIpc) is 2.94. The molecule has 0 aliphatic rings. The molecule has 25 heavy (non-hydrogen) atoms. The van der Waals surface area contributed by atoms with Gasteiger partial charge in [0.1, 0.15) is 11.6 Å². The van der Waals surface area contributed by atoms with Gasteiger partial charge in [0.05, 0.1) is 24.2 Å². The minimum absolute atomic E-state index is 0.100. The Morgan fingerprint density at radius 2 is 1.88 bits per heavy atom. The Morgan fingerprint density at radius 3 is 2.60 bits per heavy atom. The molecule has 0 unspecified atom stereocenters. The second kappa shape index (κ2) is 7.89. The first kappa shape index (κ1) is 17.8. The van der Waals surface area contributed by atoms with Crippen molar-refractivity contribution in [2.45, 2.75) is 33.2 Å². The monoisotopic (exact) mass is 358 g/mol. The highest BCUT2D eigenvalue weighted by Crippen LogP contribution is 2.26. The largest absolute Gasteiger partial charge is 0.494 e. The van der Waals surface area contributed by atoms with Gasteiger partial charge in [-0.1, -0.05) is 23.7 Å². The molecule has 0 saturated heterocycles. The highest BCUT2D eigenvalue weighted by atomic mass is 35.5. The molecule has 1 aromatic heterocycles. The lowest BCUT2D eigenvalue weighted by Crippen LogP contribution is -2.09. The van der Waals surface area contributed by atoms with E-state index in [4.69, 9.17) is 16.3 Å². The number of fused-ring (bicyclic) bond motifs is 1. The van der Waals surface area contributed by atoms with E-state index in [1.54, 1.807) is 0 Å². The molecule has 3 rings (SSSR count). The van der Waals surface area contributed by atoms with E-state index in [9.17, 15) is 5.11 Å². The van der Waals surface area contributed by atoms with Crippen LogP contribution in [0.1, 0.15) is 23.4 Å². The third kappa shape index (κ3) is 3.97. The molecule has 0 bridgehead atoms. The number of aliphatic hydroxyl groups is 1. The molecule has 132 valence electrons. The minimum Gasteiger partial charge on any atom is -0.494 e. The molecule has 1 N–H and O–H groups in total. The zero-order chi connectivity index (χ0) is 17.8. The van der Waals surface area contributed by atoms with Crippen LogP contribution in [-0.2, 0) is 13.0 Å². The van der Waals surface area contributed by atoms with Crippen LogP contribution in [0.2, 0.25) is 5.02 Å². The molecule has 2 aromatic carbocycles. The molecule has 3 aromatic rings. The number of imidazole rings is 1. The number of aliphatic hydroxyl groups excluding tert-OH is 1. The Balaban J connectivity index is 1.66. The van der Waals surface area contributed by atoms with Crippen molar-refractivity contribution in [3.8, 4) is 5.75 Å². The maximum absolute atomic E-state index is 9.28. The molecular weight excluding hydrogens is 336 g/mol. The van der Waals surface area contributed by atoms with Gasteiger partial charge < -0.3 is 14.4 Å². The van der Waals surface area contributed by atoms with Gasteiger partial charge in [0.15, 0.2) is 0 Å². The number of aromatic nitrogens is 2. The fourth-order valence-electron chi connectivity index (χ4n) is 3.07. The van der Waals surface area contributed by atoms with Gasteiger partial charge in [0, 0.05) is 18.0 Å². The van der Waals surface area contributed by atoms with Crippen molar-refractivity contribution >= 4 is 22.6 Å². The van der Waals surface area contributed by atoms with E-state index < -0.39 is 0 Å². The maximum atomic E-state index is 9.28. The molecule has 0 radical (unpaired) electrons. The lowest BCUT2D eigenvalue weighted by Gasteiger charge is -2.12. The number of benzene rings is 2. The molecule has 0 amide bonds. The van der Waals surface area contributed by atoms with Gasteiger partial charge >= 0.3 is 0 Å². The van der Waals surface area contributed by atoms with E-state index in [0.717, 1.165) is 51.7 Å². The summed E-state index contributed by atoms with van der Waals surface area (Å²) in [5, 5.41) is 10.1. The number of rotatable bonds is 7. The number of para-hydroxylation sites is 2. The first-order chi connectivity index (χ1) is 12.1. The summed E-state index contributed by atoms with van der Waals surface area (Å²) in [5.41, 5.74) is 4.13. The number of halogens is 1. The quantitative estimate of drug-likeness (QED) is 0.640. The highest BCUT2D eigenvalue weighted by Gasteiger charge is 2.10. The summed E-state index contributed by atoms with van der Waals surface area (Å²) in [6, 6.07) is 12.0. The standard InChI is InChI=1S/C20H23ClN2O2/c1-14-12-16(13-15(2)20(14)21)25-11-5-9-23-18-7-4-3-6-17(18)22-19(23)8-10-24/h3-4,6-7,12-13,24H,5,8-11H2,1-2H3. The first-order valence-electron chi connectivity index (χ1n) is 8.54. The van der Waals surface area contributed by atoms with E-state index >= 15 is 0 Å². The van der Waals surface area contributed by atoms with Crippen molar-refractivity contribution in [2.24, 2.45) is 0 Å². The van der Waals surface area contributed by atoms with Crippen molar-refractivity contribution in [1.29, 1.82) is 0 Å². The molecular formula is C20H23ClN2O2. The van der Waals surface area contributed by atoms with E-state index in [1.165, 1.54) is 0 Å². The third-order valence-electron chi connectivity index (χ3n) is 4.27. The molecule has 0 spiro atoms. The fourth-order valence-corrected chi connectivity index (χ4v) is 3.18. The SMILES string of the molecule is Cc1cc(OCCCn2c(CCO)nc3ccccc32)cc(C)c1Cl. The Bertz CT molecular complexity index is 850. The minimum atomic E-state index is 0.100. The number of hydrogen-bond acceptors (Lipinski definition) is 3. The van der Waals surface area contributed by atoms with E-state index in [0.29, 0.717) is 13.0 Å². The van der Waals surface area contributed by atoms with Crippen LogP contribution in [0.3, 0.4) is 0 Å². The molecule has 0 aliphatic carbocycles. The van der Waals surface area contributed by atoms with Crippen LogP contribution in [0.5, 0.6) is 5.75 Å². The molecule has 5 heteroatoms. The van der Waals surface area contributed by atoms with Crippen LogP contribution in [0.25, 0.3) is 11.0 Å². The fraction of sp³-hybridized carbons (Fsp3) is 0.350. The summed E-state index contributed by atoms with van der Waals surface area (Å²) in [7, 11) is 0. The zero-order valence-electron chi connectivity index (χ0n) is 14.6. The van der Waals surface area contributed by atoms with Gasteiger partial charge in [-0.25, -0.2) is 4.98 Å². The third-order valence-corrected chi connectivity index (χ3v) is 4.87. The van der Waals surface area contributed by atoms with Crippen molar-refractivity contribution in [1.82, 2.24) is 9.55 Å². The van der Waals surface area contributed by atoms with Crippen LogP contribution in [-0.4, -0.2) is 27.9 Å². The number of aryl methyl sites for hydroxylation is 3. The van der Waals surface area contributed by atoms with E-state index in [1.807, 2.05) is 44.2 Å².